The summed E-state index contributed by atoms with van der Waals surface area (Å²) in [5.74, 6) is -4.18. The number of carbonyl (C=O) groups is 4. The van der Waals surface area contributed by atoms with Gasteiger partial charge in [-0.05, 0) is 42.0 Å². The molecule has 3 rings (SSSR count). The van der Waals surface area contributed by atoms with Crippen molar-refractivity contribution in [1.82, 2.24) is 20.9 Å². The van der Waals surface area contributed by atoms with Crippen molar-refractivity contribution >= 4 is 56.4 Å². The average Bonchev–Trinajstić information content (AvgIpc) is 3.36. The Morgan fingerprint density at radius 1 is 0.884 bits per heavy atom. The van der Waals surface area contributed by atoms with Gasteiger partial charge < -0.3 is 32.4 Å². The largest absolute Gasteiger partial charge is 0.368 e. The van der Waals surface area contributed by atoms with Crippen molar-refractivity contribution in [2.45, 2.75) is 43.4 Å². The van der Waals surface area contributed by atoms with Gasteiger partial charge in [-0.2, -0.15) is 20.2 Å². The molecule has 9 N–H and O–H groups in total. The SMILES string of the molecule is CSCC[C@H](NC(=O)[C@@H](N)Cc1c[nH]c2ccccc12)C(=O)N[C@@H](CS(=O)(=O)O)C(=O)N[C@@H](Cc1ccccc1)C(N)=O. The van der Waals surface area contributed by atoms with E-state index in [1.54, 1.807) is 42.8 Å². The summed E-state index contributed by atoms with van der Waals surface area (Å²) in [6, 6.07) is 10.9. The monoisotopic (exact) mass is 632 g/mol. The number of nitrogens with two attached hydrogens (primary N) is 2. The first-order valence-electron chi connectivity index (χ1n) is 13.4. The zero-order chi connectivity index (χ0) is 31.6. The molecule has 43 heavy (non-hydrogen) atoms. The Morgan fingerprint density at radius 2 is 1.49 bits per heavy atom. The van der Waals surface area contributed by atoms with Gasteiger partial charge in [-0.15, -0.1) is 0 Å². The molecular weight excluding hydrogens is 596 g/mol. The first-order valence-corrected chi connectivity index (χ1v) is 16.4. The molecule has 0 unspecified atom stereocenters. The quantitative estimate of drug-likeness (QED) is 0.104. The van der Waals surface area contributed by atoms with E-state index in [1.165, 1.54) is 11.8 Å². The van der Waals surface area contributed by atoms with Crippen molar-refractivity contribution < 1.29 is 32.1 Å². The van der Waals surface area contributed by atoms with E-state index in [0.29, 0.717) is 11.3 Å². The van der Waals surface area contributed by atoms with Crippen LogP contribution in [0.3, 0.4) is 0 Å². The van der Waals surface area contributed by atoms with Gasteiger partial charge in [-0.1, -0.05) is 48.5 Å². The van der Waals surface area contributed by atoms with Gasteiger partial charge in [0, 0.05) is 23.5 Å². The van der Waals surface area contributed by atoms with Crippen molar-refractivity contribution in [1.29, 1.82) is 0 Å². The molecule has 3 aromatic rings. The molecule has 1 aromatic heterocycles. The smallest absolute Gasteiger partial charge is 0.267 e. The highest BCUT2D eigenvalue weighted by molar-refractivity contribution is 7.98. The first kappa shape index (κ1) is 33.6. The summed E-state index contributed by atoms with van der Waals surface area (Å²) >= 11 is 1.40. The van der Waals surface area contributed by atoms with Crippen molar-refractivity contribution in [3.63, 3.8) is 0 Å². The fourth-order valence-electron chi connectivity index (χ4n) is 4.42. The summed E-state index contributed by atoms with van der Waals surface area (Å²) in [5, 5.41) is 8.15. The normalized spacial score (nSPS) is 14.3. The van der Waals surface area contributed by atoms with Crippen LogP contribution in [0.2, 0.25) is 0 Å². The number of hydrogen-bond donors (Lipinski definition) is 7. The van der Waals surface area contributed by atoms with Crippen LogP contribution in [-0.2, 0) is 42.1 Å². The fourth-order valence-corrected chi connectivity index (χ4v) is 5.55. The third kappa shape index (κ3) is 10.4. The molecular formula is C28H36N6O7S2. The Hall–Kier alpha value is -3.92. The van der Waals surface area contributed by atoms with Gasteiger partial charge >= 0.3 is 0 Å². The third-order valence-electron chi connectivity index (χ3n) is 6.65. The topological polar surface area (TPSA) is 227 Å². The standard InChI is InChI=1S/C28H36N6O7S2/c1-42-12-11-22(32-26(36)20(29)14-18-15-31-21-10-6-5-9-19(18)21)27(37)34-24(16-43(39,40)41)28(38)33-23(25(30)35)13-17-7-3-2-4-8-17/h2-10,15,20,22-24,31H,11-14,16,29H2,1H3,(H2,30,35)(H,32,36)(H,33,38)(H,34,37)(H,39,40,41)/t20-,22-,23-,24-/m0/s1. The zero-order valence-electron chi connectivity index (χ0n) is 23.5. The van der Waals surface area contributed by atoms with E-state index in [4.69, 9.17) is 11.5 Å². The maximum Gasteiger partial charge on any atom is 0.267 e. The van der Waals surface area contributed by atoms with Gasteiger partial charge in [0.05, 0.1) is 6.04 Å². The van der Waals surface area contributed by atoms with Gasteiger partial charge in [0.1, 0.15) is 23.9 Å². The van der Waals surface area contributed by atoms with Crippen LogP contribution in [0.1, 0.15) is 17.5 Å². The van der Waals surface area contributed by atoms with Gasteiger partial charge in [-0.3, -0.25) is 23.7 Å². The summed E-state index contributed by atoms with van der Waals surface area (Å²) in [5.41, 5.74) is 14.0. The third-order valence-corrected chi connectivity index (χ3v) is 8.05. The molecule has 0 fully saturated rings. The van der Waals surface area contributed by atoms with Gasteiger partial charge in [-0.25, -0.2) is 0 Å². The number of hydrogen-bond acceptors (Lipinski definition) is 8. The number of fused-ring (bicyclic) bond motifs is 1. The number of amides is 4. The van der Waals surface area contributed by atoms with Crippen LogP contribution >= 0.6 is 11.8 Å². The molecule has 232 valence electrons. The Labute approximate surface area is 253 Å². The molecule has 4 atom stereocenters. The predicted octanol–water partition coefficient (Wildman–Crippen LogP) is -0.139. The number of thioether (sulfide) groups is 1. The average molecular weight is 633 g/mol. The lowest BCUT2D eigenvalue weighted by molar-refractivity contribution is -0.133. The van der Waals surface area contributed by atoms with Crippen LogP contribution in [0.25, 0.3) is 10.9 Å². The van der Waals surface area contributed by atoms with Crippen LogP contribution < -0.4 is 27.4 Å². The van der Waals surface area contributed by atoms with Crippen LogP contribution in [0.4, 0.5) is 0 Å². The van der Waals surface area contributed by atoms with Crippen LogP contribution in [0, 0.1) is 0 Å². The number of carbonyl (C=O) groups excluding carboxylic acids is 4. The molecule has 0 aliphatic carbocycles. The lowest BCUT2D eigenvalue weighted by atomic mass is 10.0. The molecule has 0 aliphatic rings. The number of para-hydroxylation sites is 1. The van der Waals surface area contributed by atoms with Crippen molar-refractivity contribution in [3.8, 4) is 0 Å². The number of benzene rings is 2. The van der Waals surface area contributed by atoms with Gasteiger partial charge in [0.25, 0.3) is 10.1 Å². The molecule has 15 heteroatoms. The number of aromatic amines is 1. The second kappa shape index (κ2) is 15.5. The molecule has 13 nitrogen and oxygen atoms in total. The molecule has 0 saturated carbocycles. The lowest BCUT2D eigenvalue weighted by Gasteiger charge is -2.25. The highest BCUT2D eigenvalue weighted by atomic mass is 32.2. The fraction of sp³-hybridized carbons (Fsp3) is 0.357. The summed E-state index contributed by atoms with van der Waals surface area (Å²) in [6.45, 7) is 0. The van der Waals surface area contributed by atoms with Crippen molar-refractivity contribution in [2.24, 2.45) is 11.5 Å². The highest BCUT2D eigenvalue weighted by Crippen LogP contribution is 2.19. The molecule has 4 amide bonds. The molecule has 0 aliphatic heterocycles. The molecule has 0 spiro atoms. The lowest BCUT2D eigenvalue weighted by Crippen LogP contribution is -2.59. The minimum Gasteiger partial charge on any atom is -0.368 e. The molecule has 0 saturated heterocycles. The molecule has 0 radical (unpaired) electrons. The van der Waals surface area contributed by atoms with E-state index < -0.39 is 63.7 Å². The summed E-state index contributed by atoms with van der Waals surface area (Å²) in [6.07, 6.45) is 3.87. The van der Waals surface area contributed by atoms with E-state index in [9.17, 15) is 32.1 Å². The van der Waals surface area contributed by atoms with Crippen LogP contribution in [-0.4, -0.2) is 83.5 Å². The highest BCUT2D eigenvalue weighted by Gasteiger charge is 2.32. The predicted molar refractivity (Wildman–Crippen MR) is 165 cm³/mol. The molecule has 0 bridgehead atoms. The summed E-state index contributed by atoms with van der Waals surface area (Å²) in [4.78, 5) is 54.6. The van der Waals surface area contributed by atoms with Crippen molar-refractivity contribution in [2.75, 3.05) is 17.8 Å². The number of primary amides is 1. The van der Waals surface area contributed by atoms with Crippen LogP contribution in [0.5, 0.6) is 0 Å². The van der Waals surface area contributed by atoms with Crippen molar-refractivity contribution in [3.05, 3.63) is 71.9 Å². The second-order valence-corrected chi connectivity index (χ2v) is 12.5. The Bertz CT molecular complexity index is 1530. The number of H-pyrrole nitrogens is 1. The van der Waals surface area contributed by atoms with E-state index in [2.05, 4.69) is 20.9 Å². The van der Waals surface area contributed by atoms with E-state index >= 15 is 0 Å². The number of nitrogens with one attached hydrogen (secondary N) is 4. The minimum absolute atomic E-state index is 0.00911. The maximum absolute atomic E-state index is 13.3. The Kier molecular flexibility index (Phi) is 12.1. The Morgan fingerprint density at radius 3 is 2.14 bits per heavy atom. The maximum atomic E-state index is 13.3. The van der Waals surface area contributed by atoms with E-state index in [-0.39, 0.29) is 19.3 Å². The summed E-state index contributed by atoms with van der Waals surface area (Å²) < 4.78 is 32.9. The number of rotatable bonds is 16. The number of aromatic nitrogens is 1. The van der Waals surface area contributed by atoms with Gasteiger partial charge in [0.2, 0.25) is 23.6 Å². The molecule has 1 heterocycles. The van der Waals surface area contributed by atoms with Gasteiger partial charge in [0.15, 0.2) is 0 Å². The molecule has 2 aromatic carbocycles. The second-order valence-electron chi connectivity index (χ2n) is 9.98. The minimum atomic E-state index is -4.76. The Balaban J connectivity index is 1.72. The zero-order valence-corrected chi connectivity index (χ0v) is 25.1. The van der Waals surface area contributed by atoms with E-state index in [0.717, 1.165) is 16.5 Å². The first-order chi connectivity index (χ1) is 20.4. The van der Waals surface area contributed by atoms with E-state index in [1.807, 2.05) is 24.3 Å². The summed E-state index contributed by atoms with van der Waals surface area (Å²) in [7, 11) is -4.76. The van der Waals surface area contributed by atoms with Crippen LogP contribution in [0.15, 0.2) is 60.8 Å².